The second-order valence-electron chi connectivity index (χ2n) is 7.68. The number of benzene rings is 2. The Labute approximate surface area is 211 Å². The molecule has 2 amide bonds. The van der Waals surface area contributed by atoms with Crippen LogP contribution in [0.1, 0.15) is 40.9 Å². The first kappa shape index (κ1) is 25.8. The molecule has 1 atom stereocenters. The normalized spacial score (nSPS) is 11.4. The average Bonchev–Trinajstić information content (AvgIpc) is 2.83. The summed E-state index contributed by atoms with van der Waals surface area (Å²) in [5.74, 6) is -0.851. The van der Waals surface area contributed by atoms with Crippen LogP contribution in [0.15, 0.2) is 47.4 Å². The minimum absolute atomic E-state index is 0.140. The molecular weight excluding hydrogens is 491 g/mol. The molecule has 180 valence electrons. The van der Waals surface area contributed by atoms with Gasteiger partial charge in [0.05, 0.1) is 35.5 Å². The SMILES string of the molecule is CCC(C(=O)Nc1ccc(C(N)=O)c(Cl)c1C)n1cc(OC)c(-c2cc(Cl)ccc2C#N)cc1=O. The lowest BCUT2D eigenvalue weighted by molar-refractivity contribution is -0.119. The van der Waals surface area contributed by atoms with Gasteiger partial charge in [0, 0.05) is 27.9 Å². The van der Waals surface area contributed by atoms with Crippen LogP contribution in [0.4, 0.5) is 5.69 Å². The lowest BCUT2D eigenvalue weighted by atomic mass is 10.00. The standard InChI is InChI=1S/C25H22Cl2N4O4/c1-4-20(25(34)30-19-8-7-16(24(29)33)23(27)13(19)2)31-12-21(35-3)18(10-22(31)32)17-9-15(26)6-5-14(17)11-28/h5-10,12,20H,4H2,1-3H3,(H2,29,33)(H,30,34). The fourth-order valence-electron chi connectivity index (χ4n) is 3.72. The van der Waals surface area contributed by atoms with Crippen LogP contribution >= 0.6 is 23.2 Å². The van der Waals surface area contributed by atoms with E-state index in [0.29, 0.717) is 45.1 Å². The number of carbonyl (C=O) groups excluding carboxylic acids is 2. The summed E-state index contributed by atoms with van der Waals surface area (Å²) in [4.78, 5) is 37.8. The smallest absolute Gasteiger partial charge is 0.252 e. The highest BCUT2D eigenvalue weighted by molar-refractivity contribution is 6.35. The molecule has 0 saturated carbocycles. The highest BCUT2D eigenvalue weighted by atomic mass is 35.5. The van der Waals surface area contributed by atoms with E-state index in [-0.39, 0.29) is 10.6 Å². The van der Waals surface area contributed by atoms with E-state index in [1.54, 1.807) is 32.0 Å². The molecule has 0 saturated heterocycles. The van der Waals surface area contributed by atoms with Crippen molar-refractivity contribution in [3.05, 3.63) is 79.7 Å². The number of primary amides is 1. The lowest BCUT2D eigenvalue weighted by Crippen LogP contribution is -2.33. The van der Waals surface area contributed by atoms with Gasteiger partial charge in [0.1, 0.15) is 11.8 Å². The Morgan fingerprint density at radius 3 is 2.51 bits per heavy atom. The van der Waals surface area contributed by atoms with Crippen LogP contribution in [-0.4, -0.2) is 23.5 Å². The number of ether oxygens (including phenoxy) is 1. The molecule has 3 aromatic rings. The Morgan fingerprint density at radius 1 is 1.20 bits per heavy atom. The maximum atomic E-state index is 13.2. The number of hydrogen-bond donors (Lipinski definition) is 2. The van der Waals surface area contributed by atoms with Gasteiger partial charge in [-0.2, -0.15) is 5.26 Å². The van der Waals surface area contributed by atoms with E-state index in [4.69, 9.17) is 33.7 Å². The van der Waals surface area contributed by atoms with Gasteiger partial charge >= 0.3 is 0 Å². The van der Waals surface area contributed by atoms with Crippen LogP contribution in [0.2, 0.25) is 10.0 Å². The molecular formula is C25H22Cl2N4O4. The lowest BCUT2D eigenvalue weighted by Gasteiger charge is -2.21. The van der Waals surface area contributed by atoms with Gasteiger partial charge < -0.3 is 15.8 Å². The first-order valence-corrected chi connectivity index (χ1v) is 11.3. The second-order valence-corrected chi connectivity index (χ2v) is 8.49. The van der Waals surface area contributed by atoms with Crippen molar-refractivity contribution in [2.45, 2.75) is 26.3 Å². The van der Waals surface area contributed by atoms with Crippen LogP contribution in [0.3, 0.4) is 0 Å². The summed E-state index contributed by atoms with van der Waals surface area (Å²) in [6.07, 6.45) is 1.73. The number of rotatable bonds is 7. The number of methoxy groups -OCH3 is 1. The highest BCUT2D eigenvalue weighted by Gasteiger charge is 2.24. The van der Waals surface area contributed by atoms with Crippen molar-refractivity contribution in [2.75, 3.05) is 12.4 Å². The quantitative estimate of drug-likeness (QED) is 0.474. The van der Waals surface area contributed by atoms with Crippen LogP contribution in [0.25, 0.3) is 11.1 Å². The molecule has 3 rings (SSSR count). The largest absolute Gasteiger partial charge is 0.495 e. The third kappa shape index (κ3) is 5.16. The van der Waals surface area contributed by atoms with Gasteiger partial charge in [-0.05, 0) is 49.2 Å². The van der Waals surface area contributed by atoms with Crippen molar-refractivity contribution in [1.29, 1.82) is 5.26 Å². The van der Waals surface area contributed by atoms with Crippen LogP contribution in [0, 0.1) is 18.3 Å². The number of nitrogens with two attached hydrogens (primary N) is 1. The van der Waals surface area contributed by atoms with Crippen molar-refractivity contribution in [3.63, 3.8) is 0 Å². The topological polar surface area (TPSA) is 127 Å². The summed E-state index contributed by atoms with van der Waals surface area (Å²) in [5.41, 5.74) is 7.00. The van der Waals surface area contributed by atoms with E-state index in [9.17, 15) is 19.6 Å². The monoisotopic (exact) mass is 512 g/mol. The predicted octanol–water partition coefficient (Wildman–Crippen LogP) is 4.70. The van der Waals surface area contributed by atoms with Crippen molar-refractivity contribution >= 4 is 40.7 Å². The summed E-state index contributed by atoms with van der Waals surface area (Å²) in [6.45, 7) is 3.41. The zero-order valence-electron chi connectivity index (χ0n) is 19.2. The number of amides is 2. The minimum Gasteiger partial charge on any atom is -0.495 e. The summed E-state index contributed by atoms with van der Waals surface area (Å²) < 4.78 is 6.76. The number of nitriles is 1. The Morgan fingerprint density at radius 2 is 1.91 bits per heavy atom. The molecule has 35 heavy (non-hydrogen) atoms. The molecule has 0 fully saturated rings. The van der Waals surface area contributed by atoms with Crippen molar-refractivity contribution < 1.29 is 14.3 Å². The number of anilines is 1. The van der Waals surface area contributed by atoms with Crippen LogP contribution < -0.4 is 21.3 Å². The molecule has 0 spiro atoms. The third-order valence-corrected chi connectivity index (χ3v) is 6.31. The number of carbonyl (C=O) groups is 2. The maximum Gasteiger partial charge on any atom is 0.252 e. The highest BCUT2D eigenvalue weighted by Crippen LogP contribution is 2.34. The number of nitrogens with one attached hydrogen (secondary N) is 1. The summed E-state index contributed by atoms with van der Waals surface area (Å²) in [7, 11) is 1.43. The van der Waals surface area contributed by atoms with Crippen LogP contribution in [0.5, 0.6) is 5.75 Å². The first-order chi connectivity index (χ1) is 16.6. The van der Waals surface area contributed by atoms with Crippen molar-refractivity contribution in [2.24, 2.45) is 5.73 Å². The molecule has 1 heterocycles. The Kier molecular flexibility index (Phi) is 7.85. The molecule has 0 aliphatic heterocycles. The van der Waals surface area contributed by atoms with Gasteiger partial charge in [-0.1, -0.05) is 30.1 Å². The number of pyridine rings is 1. The molecule has 2 aromatic carbocycles. The zero-order valence-corrected chi connectivity index (χ0v) is 20.7. The molecule has 0 aliphatic carbocycles. The van der Waals surface area contributed by atoms with Gasteiger partial charge in [-0.15, -0.1) is 0 Å². The molecule has 0 bridgehead atoms. The van der Waals surface area contributed by atoms with Gasteiger partial charge in [-0.25, -0.2) is 0 Å². The number of halogens is 2. The Balaban J connectivity index is 2.03. The fourth-order valence-corrected chi connectivity index (χ4v) is 4.15. The van der Waals surface area contributed by atoms with E-state index in [0.717, 1.165) is 0 Å². The first-order valence-electron chi connectivity index (χ1n) is 10.5. The predicted molar refractivity (Wildman–Crippen MR) is 135 cm³/mol. The average molecular weight is 513 g/mol. The van der Waals surface area contributed by atoms with Gasteiger partial charge in [0.15, 0.2) is 0 Å². The van der Waals surface area contributed by atoms with Gasteiger partial charge in [-0.3, -0.25) is 19.0 Å². The summed E-state index contributed by atoms with van der Waals surface area (Å²) in [6, 6.07) is 10.2. The zero-order chi connectivity index (χ0) is 25.9. The Hall–Kier alpha value is -3.80. The van der Waals surface area contributed by atoms with Gasteiger partial charge in [0.2, 0.25) is 11.8 Å². The molecule has 0 aliphatic rings. The van der Waals surface area contributed by atoms with Gasteiger partial charge in [0.25, 0.3) is 5.56 Å². The van der Waals surface area contributed by atoms with E-state index >= 15 is 0 Å². The fraction of sp³-hybridized carbons (Fsp3) is 0.200. The van der Waals surface area contributed by atoms with Crippen molar-refractivity contribution in [1.82, 2.24) is 4.57 Å². The minimum atomic E-state index is -0.880. The summed E-state index contributed by atoms with van der Waals surface area (Å²) >= 11 is 12.3. The molecule has 8 nitrogen and oxygen atoms in total. The molecule has 1 unspecified atom stereocenters. The summed E-state index contributed by atoms with van der Waals surface area (Å²) in [5, 5.41) is 12.8. The van der Waals surface area contributed by atoms with Crippen molar-refractivity contribution in [3.8, 4) is 22.9 Å². The molecule has 3 N–H and O–H groups in total. The van der Waals surface area contributed by atoms with E-state index in [1.807, 2.05) is 0 Å². The molecule has 0 radical (unpaired) electrons. The van der Waals surface area contributed by atoms with E-state index in [2.05, 4.69) is 11.4 Å². The maximum absolute atomic E-state index is 13.2. The van der Waals surface area contributed by atoms with E-state index < -0.39 is 23.4 Å². The number of aromatic nitrogens is 1. The number of hydrogen-bond acceptors (Lipinski definition) is 5. The molecule has 10 heteroatoms. The third-order valence-electron chi connectivity index (χ3n) is 5.59. The Bertz CT molecular complexity index is 1430. The van der Waals surface area contributed by atoms with E-state index in [1.165, 1.54) is 36.1 Å². The molecule has 1 aromatic heterocycles. The van der Waals surface area contributed by atoms with Crippen LogP contribution in [-0.2, 0) is 4.79 Å². The number of nitrogens with zero attached hydrogens (tertiary/aromatic N) is 2. The second kappa shape index (κ2) is 10.6.